The van der Waals surface area contributed by atoms with Gasteiger partial charge in [0, 0.05) is 5.56 Å². The second kappa shape index (κ2) is 6.82. The quantitative estimate of drug-likeness (QED) is 0.842. The Balaban J connectivity index is 2.47. The summed E-state index contributed by atoms with van der Waals surface area (Å²) in [4.78, 5) is 0. The van der Waals surface area contributed by atoms with Crippen LogP contribution in [0.2, 0.25) is 5.02 Å². The maximum Gasteiger partial charge on any atom is 0.142 e. The summed E-state index contributed by atoms with van der Waals surface area (Å²) in [6.45, 7) is 2.70. The standard InChI is InChI=1S/C16H16ClF2N/c1-2-10-20-16(11-6-3-4-8-13(11)18)12-7-5-9-14(19)15(12)17/h3-9,16,20H,2,10H2,1H3. The first-order chi connectivity index (χ1) is 9.65. The van der Waals surface area contributed by atoms with Gasteiger partial charge in [-0.3, -0.25) is 0 Å². The van der Waals surface area contributed by atoms with Gasteiger partial charge in [-0.05, 0) is 30.7 Å². The van der Waals surface area contributed by atoms with Crippen molar-refractivity contribution in [3.63, 3.8) is 0 Å². The summed E-state index contributed by atoms with van der Waals surface area (Å²) in [5, 5.41) is 3.25. The van der Waals surface area contributed by atoms with Crippen LogP contribution >= 0.6 is 11.6 Å². The topological polar surface area (TPSA) is 12.0 Å². The van der Waals surface area contributed by atoms with Crippen molar-refractivity contribution < 1.29 is 8.78 Å². The molecular formula is C16H16ClF2N. The molecule has 2 aromatic carbocycles. The van der Waals surface area contributed by atoms with Crippen LogP contribution in [-0.2, 0) is 0 Å². The summed E-state index contributed by atoms with van der Waals surface area (Å²) in [6.07, 6.45) is 0.887. The van der Waals surface area contributed by atoms with E-state index in [1.165, 1.54) is 12.1 Å². The van der Waals surface area contributed by atoms with Crippen molar-refractivity contribution in [2.45, 2.75) is 19.4 Å². The maximum atomic E-state index is 14.0. The fourth-order valence-corrected chi connectivity index (χ4v) is 2.36. The number of halogens is 3. The Morgan fingerprint density at radius 1 is 1.00 bits per heavy atom. The highest BCUT2D eigenvalue weighted by atomic mass is 35.5. The van der Waals surface area contributed by atoms with Crippen molar-refractivity contribution in [2.75, 3.05) is 6.54 Å². The normalized spacial score (nSPS) is 12.4. The summed E-state index contributed by atoms with van der Waals surface area (Å²) in [7, 11) is 0. The molecule has 1 unspecified atom stereocenters. The van der Waals surface area contributed by atoms with E-state index in [2.05, 4.69) is 5.32 Å². The fraction of sp³-hybridized carbons (Fsp3) is 0.250. The predicted octanol–water partition coefficient (Wildman–Crippen LogP) is 4.71. The van der Waals surface area contributed by atoms with E-state index in [1.807, 2.05) is 6.92 Å². The molecule has 0 radical (unpaired) electrons. The van der Waals surface area contributed by atoms with Gasteiger partial charge in [0.15, 0.2) is 0 Å². The molecule has 2 aromatic rings. The van der Waals surface area contributed by atoms with E-state index < -0.39 is 11.9 Å². The first kappa shape index (κ1) is 14.9. The smallest absolute Gasteiger partial charge is 0.142 e. The summed E-state index contributed by atoms with van der Waals surface area (Å²) in [5.41, 5.74) is 1.01. The van der Waals surface area contributed by atoms with E-state index in [0.717, 1.165) is 6.42 Å². The van der Waals surface area contributed by atoms with E-state index >= 15 is 0 Å². The molecule has 1 N–H and O–H groups in total. The highest BCUT2D eigenvalue weighted by molar-refractivity contribution is 6.31. The van der Waals surface area contributed by atoms with Crippen LogP contribution in [0.4, 0.5) is 8.78 Å². The van der Waals surface area contributed by atoms with Gasteiger partial charge in [0.2, 0.25) is 0 Å². The highest BCUT2D eigenvalue weighted by Crippen LogP contribution is 2.31. The Labute approximate surface area is 122 Å². The van der Waals surface area contributed by atoms with Gasteiger partial charge in [-0.1, -0.05) is 48.9 Å². The van der Waals surface area contributed by atoms with Gasteiger partial charge < -0.3 is 5.32 Å². The molecule has 2 rings (SSSR count). The Bertz CT molecular complexity index is 586. The number of hydrogen-bond donors (Lipinski definition) is 1. The van der Waals surface area contributed by atoms with E-state index in [9.17, 15) is 8.78 Å². The number of nitrogens with one attached hydrogen (secondary N) is 1. The minimum absolute atomic E-state index is 0.0318. The van der Waals surface area contributed by atoms with Crippen molar-refractivity contribution in [1.82, 2.24) is 5.32 Å². The van der Waals surface area contributed by atoms with Crippen molar-refractivity contribution in [3.05, 3.63) is 70.2 Å². The zero-order valence-corrected chi connectivity index (χ0v) is 11.9. The van der Waals surface area contributed by atoms with Crippen LogP contribution in [0.5, 0.6) is 0 Å². The molecule has 106 valence electrons. The minimum Gasteiger partial charge on any atom is -0.306 e. The Morgan fingerprint density at radius 3 is 2.35 bits per heavy atom. The summed E-state index contributed by atoms with van der Waals surface area (Å²) in [6, 6.07) is 10.6. The first-order valence-electron chi connectivity index (χ1n) is 6.56. The van der Waals surface area contributed by atoms with Gasteiger partial charge >= 0.3 is 0 Å². The van der Waals surface area contributed by atoms with Crippen LogP contribution in [0.1, 0.15) is 30.5 Å². The van der Waals surface area contributed by atoms with E-state index in [1.54, 1.807) is 30.3 Å². The van der Waals surface area contributed by atoms with Gasteiger partial charge in [-0.15, -0.1) is 0 Å². The molecule has 4 heteroatoms. The minimum atomic E-state index is -0.496. The molecule has 0 saturated carbocycles. The Hall–Kier alpha value is -1.45. The molecule has 0 heterocycles. The van der Waals surface area contributed by atoms with Crippen molar-refractivity contribution in [3.8, 4) is 0 Å². The molecule has 0 amide bonds. The molecule has 0 saturated heterocycles. The van der Waals surface area contributed by atoms with Crippen molar-refractivity contribution in [2.24, 2.45) is 0 Å². The summed E-state index contributed by atoms with van der Waals surface area (Å²) < 4.78 is 27.6. The molecule has 1 atom stereocenters. The van der Waals surface area contributed by atoms with E-state index in [-0.39, 0.29) is 10.8 Å². The average Bonchev–Trinajstić information content (AvgIpc) is 2.45. The third-order valence-electron chi connectivity index (χ3n) is 3.11. The Morgan fingerprint density at radius 2 is 1.65 bits per heavy atom. The lowest BCUT2D eigenvalue weighted by molar-refractivity contribution is 0.543. The molecule has 0 bridgehead atoms. The zero-order chi connectivity index (χ0) is 14.5. The van der Waals surface area contributed by atoms with Crippen LogP contribution in [-0.4, -0.2) is 6.54 Å². The highest BCUT2D eigenvalue weighted by Gasteiger charge is 2.20. The molecule has 0 spiro atoms. The molecule has 0 aromatic heterocycles. The number of rotatable bonds is 5. The molecule has 0 aliphatic heterocycles. The van der Waals surface area contributed by atoms with Gasteiger partial charge in [-0.2, -0.15) is 0 Å². The van der Waals surface area contributed by atoms with Crippen LogP contribution in [0.25, 0.3) is 0 Å². The van der Waals surface area contributed by atoms with Crippen LogP contribution in [0.15, 0.2) is 42.5 Å². The number of benzene rings is 2. The lowest BCUT2D eigenvalue weighted by Gasteiger charge is -2.21. The van der Waals surface area contributed by atoms with Crippen molar-refractivity contribution in [1.29, 1.82) is 0 Å². The molecule has 0 fully saturated rings. The monoisotopic (exact) mass is 295 g/mol. The van der Waals surface area contributed by atoms with Crippen LogP contribution < -0.4 is 5.32 Å². The summed E-state index contributed by atoms with van der Waals surface area (Å²) >= 11 is 6.03. The molecule has 20 heavy (non-hydrogen) atoms. The van der Waals surface area contributed by atoms with E-state index in [0.29, 0.717) is 17.7 Å². The SMILES string of the molecule is CCCNC(c1ccccc1F)c1cccc(F)c1Cl. The maximum absolute atomic E-state index is 14.0. The zero-order valence-electron chi connectivity index (χ0n) is 11.2. The third-order valence-corrected chi connectivity index (χ3v) is 3.51. The lowest BCUT2D eigenvalue weighted by Crippen LogP contribution is -2.24. The van der Waals surface area contributed by atoms with E-state index in [4.69, 9.17) is 11.6 Å². The van der Waals surface area contributed by atoms with Crippen LogP contribution in [0, 0.1) is 11.6 Å². The average molecular weight is 296 g/mol. The molecule has 1 nitrogen and oxygen atoms in total. The second-order valence-corrected chi connectivity index (χ2v) is 4.93. The van der Waals surface area contributed by atoms with Crippen LogP contribution in [0.3, 0.4) is 0 Å². The molecule has 0 aliphatic carbocycles. The van der Waals surface area contributed by atoms with Gasteiger partial charge in [-0.25, -0.2) is 8.78 Å². The third kappa shape index (κ3) is 3.17. The first-order valence-corrected chi connectivity index (χ1v) is 6.94. The molecular weight excluding hydrogens is 280 g/mol. The number of hydrogen-bond acceptors (Lipinski definition) is 1. The van der Waals surface area contributed by atoms with Gasteiger partial charge in [0.05, 0.1) is 11.1 Å². The van der Waals surface area contributed by atoms with Crippen molar-refractivity contribution >= 4 is 11.6 Å². The largest absolute Gasteiger partial charge is 0.306 e. The second-order valence-electron chi connectivity index (χ2n) is 4.55. The Kier molecular flexibility index (Phi) is 5.10. The van der Waals surface area contributed by atoms with Gasteiger partial charge in [0.1, 0.15) is 11.6 Å². The predicted molar refractivity (Wildman–Crippen MR) is 77.9 cm³/mol. The lowest BCUT2D eigenvalue weighted by atomic mass is 9.97. The fourth-order valence-electron chi connectivity index (χ4n) is 2.13. The van der Waals surface area contributed by atoms with Gasteiger partial charge in [0.25, 0.3) is 0 Å². The summed E-state index contributed by atoms with van der Waals surface area (Å²) in [5.74, 6) is -0.828. The molecule has 0 aliphatic rings.